The van der Waals surface area contributed by atoms with E-state index in [0.29, 0.717) is 5.82 Å². The standard InChI is InChI=1S/C98H57N5O3/c1-7-22-85-71(16-1)74-43-32-61(64-35-46-80-77-19-4-10-25-91(77)104-94(80)55-64)52-88(74)101(85)68-39-28-58(29-40-68)60-38-49-84-83(51-60)97(67-14-13-15-70(50-67)103-87-24-9-3-18-73(87)76-45-34-63(54-90(76)103)66-37-48-82-79-21-6-12-27-93(79)106-96(82)57-66)100-98(99-84)59-30-41-69(42-31-59)102-86-23-8-2-17-72(86)75-44-33-62(53-89(75)102)65-36-47-81-78-20-5-11-26-92(78)105-95(81)56-65/h1-57H. The summed E-state index contributed by atoms with van der Waals surface area (Å²) in [6.45, 7) is 0. The lowest BCUT2D eigenvalue weighted by molar-refractivity contribution is 0.668. The smallest absolute Gasteiger partial charge is 0.160 e. The fourth-order valence-corrected chi connectivity index (χ4v) is 17.0. The van der Waals surface area contributed by atoms with Crippen molar-refractivity contribution in [3.63, 3.8) is 0 Å². The van der Waals surface area contributed by atoms with Crippen LogP contribution >= 0.6 is 0 Å². The number of furan rings is 3. The SMILES string of the molecule is c1cc(-c2nc(-c3ccc(-n4c5ccccc5c5ccc(-c6ccc7c(c6)oc6ccccc67)cc54)cc3)nc3ccc(-c4ccc(-n5c6ccccc6c6ccc(-c7ccc8c(c7)oc7ccccc78)cc65)cc4)cc23)cc(-n2c3ccccc3c3ccc(-c4ccc5c(c4)oc4ccccc45)cc32)c1. The lowest BCUT2D eigenvalue weighted by atomic mass is 9.99. The molecule has 23 rings (SSSR count). The second-order valence-electron chi connectivity index (χ2n) is 28.0. The molecule has 0 bridgehead atoms. The van der Waals surface area contributed by atoms with Gasteiger partial charge >= 0.3 is 0 Å². The van der Waals surface area contributed by atoms with E-state index in [-0.39, 0.29) is 0 Å². The van der Waals surface area contributed by atoms with Gasteiger partial charge in [-0.05, 0) is 196 Å². The second-order valence-corrected chi connectivity index (χ2v) is 28.0. The molecule has 0 aliphatic carbocycles. The Balaban J connectivity index is 0.653. The van der Waals surface area contributed by atoms with Crippen LogP contribution < -0.4 is 0 Å². The van der Waals surface area contributed by atoms with E-state index in [1.54, 1.807) is 0 Å². The fraction of sp³-hybridized carbons (Fsp3) is 0. The number of benzene rings is 16. The number of rotatable bonds is 9. The molecule has 0 spiro atoms. The average Bonchev–Trinajstić information content (AvgIpc) is 1.58. The first-order valence-corrected chi connectivity index (χ1v) is 36.0. The molecule has 7 heterocycles. The number of fused-ring (bicyclic) bond motifs is 19. The van der Waals surface area contributed by atoms with Gasteiger partial charge in [0.1, 0.15) is 33.5 Å². The first-order chi connectivity index (χ1) is 52.5. The molecule has 0 N–H and O–H groups in total. The van der Waals surface area contributed by atoms with Gasteiger partial charge in [-0.3, -0.25) is 0 Å². The molecular weight excluding hydrogens is 1300 g/mol. The zero-order chi connectivity index (χ0) is 69.2. The van der Waals surface area contributed by atoms with Gasteiger partial charge in [-0.2, -0.15) is 0 Å². The van der Waals surface area contributed by atoms with E-state index in [1.807, 2.05) is 36.4 Å². The van der Waals surface area contributed by atoms with Crippen LogP contribution in [0.5, 0.6) is 0 Å². The summed E-state index contributed by atoms with van der Waals surface area (Å²) in [7, 11) is 0. The highest BCUT2D eigenvalue weighted by atomic mass is 16.3. The minimum absolute atomic E-state index is 0.634. The van der Waals surface area contributed by atoms with Crippen LogP contribution in [-0.4, -0.2) is 23.7 Å². The van der Waals surface area contributed by atoms with Crippen molar-refractivity contribution in [2.24, 2.45) is 0 Å². The molecule has 8 nitrogen and oxygen atoms in total. The Kier molecular flexibility index (Phi) is 12.4. The van der Waals surface area contributed by atoms with Crippen LogP contribution in [0.3, 0.4) is 0 Å². The monoisotopic (exact) mass is 1350 g/mol. The van der Waals surface area contributed by atoms with E-state index in [4.69, 9.17) is 23.2 Å². The van der Waals surface area contributed by atoms with Gasteiger partial charge in [0.15, 0.2) is 5.82 Å². The van der Waals surface area contributed by atoms with Crippen LogP contribution in [0.1, 0.15) is 0 Å². The number of para-hydroxylation sites is 6. The molecule has 0 atom stereocenters. The normalized spacial score (nSPS) is 12.2. The van der Waals surface area contributed by atoms with Crippen LogP contribution in [0.2, 0.25) is 0 Å². The molecule has 16 aromatic carbocycles. The summed E-state index contributed by atoms with van der Waals surface area (Å²) in [5.74, 6) is 0.634. The van der Waals surface area contributed by atoms with Gasteiger partial charge < -0.3 is 27.0 Å². The van der Waals surface area contributed by atoms with E-state index < -0.39 is 0 Å². The number of hydrogen-bond donors (Lipinski definition) is 0. The van der Waals surface area contributed by atoms with E-state index in [1.165, 1.54) is 32.3 Å². The molecule has 0 aliphatic heterocycles. The first kappa shape index (κ1) is 58.3. The van der Waals surface area contributed by atoms with E-state index in [9.17, 15) is 0 Å². The van der Waals surface area contributed by atoms with Crippen LogP contribution in [0.15, 0.2) is 359 Å². The van der Waals surface area contributed by atoms with Gasteiger partial charge in [0.2, 0.25) is 0 Å². The largest absolute Gasteiger partial charge is 0.456 e. The van der Waals surface area contributed by atoms with Crippen LogP contribution in [-0.2, 0) is 0 Å². The maximum atomic E-state index is 6.43. The molecule has 0 amide bonds. The van der Waals surface area contributed by atoms with Crippen molar-refractivity contribution in [3.8, 4) is 84.2 Å². The van der Waals surface area contributed by atoms with Gasteiger partial charge in [-0.1, -0.05) is 194 Å². The van der Waals surface area contributed by atoms with Crippen molar-refractivity contribution in [2.75, 3.05) is 0 Å². The zero-order valence-corrected chi connectivity index (χ0v) is 56.9. The molecule has 8 heteroatoms. The Morgan fingerprint density at radius 2 is 0.509 bits per heavy atom. The Morgan fingerprint density at radius 3 is 0.953 bits per heavy atom. The molecular formula is C98H57N5O3. The van der Waals surface area contributed by atoms with E-state index >= 15 is 0 Å². The van der Waals surface area contributed by atoms with Crippen molar-refractivity contribution in [1.82, 2.24) is 23.7 Å². The van der Waals surface area contributed by atoms with E-state index in [2.05, 4.69) is 323 Å². The third-order valence-electron chi connectivity index (χ3n) is 22.1. The lowest BCUT2D eigenvalue weighted by Gasteiger charge is -2.15. The van der Waals surface area contributed by atoms with Crippen molar-refractivity contribution < 1.29 is 13.3 Å². The Hall–Kier alpha value is -14.3. The third-order valence-corrected chi connectivity index (χ3v) is 22.1. The average molecular weight is 1350 g/mol. The van der Waals surface area contributed by atoms with Crippen LogP contribution in [0, 0.1) is 0 Å². The maximum absolute atomic E-state index is 6.43. The summed E-state index contributed by atoms with van der Waals surface area (Å²) in [5, 5.41) is 14.8. The molecule has 0 fully saturated rings. The minimum Gasteiger partial charge on any atom is -0.456 e. The highest BCUT2D eigenvalue weighted by molar-refractivity contribution is 6.15. The minimum atomic E-state index is 0.634. The van der Waals surface area contributed by atoms with E-state index in [0.717, 1.165) is 188 Å². The third kappa shape index (κ3) is 8.95. The lowest BCUT2D eigenvalue weighted by Crippen LogP contribution is -1.99. The number of hydrogen-bond acceptors (Lipinski definition) is 5. The summed E-state index contributed by atoms with van der Waals surface area (Å²) >= 11 is 0. The molecule has 0 unspecified atom stereocenters. The number of nitrogens with zero attached hydrogens (tertiary/aromatic N) is 5. The quantitative estimate of drug-likeness (QED) is 0.144. The predicted octanol–water partition coefficient (Wildman–Crippen LogP) is 26.6. The maximum Gasteiger partial charge on any atom is 0.160 e. The van der Waals surface area contributed by atoms with Crippen molar-refractivity contribution in [1.29, 1.82) is 0 Å². The molecule has 0 saturated heterocycles. The molecule has 0 radical (unpaired) electrons. The molecule has 23 aromatic rings. The predicted molar refractivity (Wildman–Crippen MR) is 437 cm³/mol. The molecule has 0 saturated carbocycles. The van der Waals surface area contributed by atoms with Crippen molar-refractivity contribution in [3.05, 3.63) is 346 Å². The van der Waals surface area contributed by atoms with Crippen molar-refractivity contribution in [2.45, 2.75) is 0 Å². The summed E-state index contributed by atoms with van der Waals surface area (Å²) in [6, 6.07) is 124. The van der Waals surface area contributed by atoms with Gasteiger partial charge in [0.25, 0.3) is 0 Å². The highest BCUT2D eigenvalue weighted by Crippen LogP contribution is 2.44. The molecule has 106 heavy (non-hydrogen) atoms. The summed E-state index contributed by atoms with van der Waals surface area (Å²) < 4.78 is 26.4. The highest BCUT2D eigenvalue weighted by Gasteiger charge is 2.22. The van der Waals surface area contributed by atoms with Gasteiger partial charge in [0.05, 0.1) is 44.3 Å². The summed E-state index contributed by atoms with van der Waals surface area (Å²) in [6.07, 6.45) is 0. The fourth-order valence-electron chi connectivity index (χ4n) is 17.0. The Bertz CT molecular complexity index is 7650. The molecule has 7 aromatic heterocycles. The summed E-state index contributed by atoms with van der Waals surface area (Å²) in [4.78, 5) is 11.2. The topological polar surface area (TPSA) is 80.0 Å². The van der Waals surface area contributed by atoms with Gasteiger partial charge in [-0.25, -0.2) is 9.97 Å². The first-order valence-electron chi connectivity index (χ1n) is 36.0. The number of aromatic nitrogens is 5. The summed E-state index contributed by atoms with van der Waals surface area (Å²) in [5.41, 5.74) is 27.5. The van der Waals surface area contributed by atoms with Crippen LogP contribution in [0.25, 0.3) is 226 Å². The van der Waals surface area contributed by atoms with Crippen molar-refractivity contribution >= 4 is 142 Å². The van der Waals surface area contributed by atoms with Crippen LogP contribution in [0.4, 0.5) is 0 Å². The van der Waals surface area contributed by atoms with Gasteiger partial charge in [0, 0.05) is 98.2 Å². The second kappa shape index (κ2) is 22.6. The Labute approximate surface area is 605 Å². The Morgan fingerprint density at radius 1 is 0.179 bits per heavy atom. The molecule has 0 aliphatic rings. The zero-order valence-electron chi connectivity index (χ0n) is 56.9. The molecule has 492 valence electrons. The van der Waals surface area contributed by atoms with Gasteiger partial charge in [-0.15, -0.1) is 0 Å².